The first kappa shape index (κ1) is 18.4. The fraction of sp³-hybridized carbons (Fsp3) is 0.278. The van der Waals surface area contributed by atoms with Crippen molar-refractivity contribution < 1.29 is 9.47 Å². The van der Waals surface area contributed by atoms with Crippen LogP contribution in [0.2, 0.25) is 0 Å². The van der Waals surface area contributed by atoms with Crippen molar-refractivity contribution in [1.82, 2.24) is 0 Å². The van der Waals surface area contributed by atoms with Crippen molar-refractivity contribution in [3.63, 3.8) is 0 Å². The second-order valence-corrected chi connectivity index (χ2v) is 5.52. The Kier molecular flexibility index (Phi) is 6.72. The molecule has 0 aromatic heterocycles. The SMILES string of the molecule is Cc1ccc(CN=C(N)Nc2ccc3c(c2)OCCCO3)cc1.I. The third-order valence-electron chi connectivity index (χ3n) is 3.57. The lowest BCUT2D eigenvalue weighted by Crippen LogP contribution is -2.22. The molecular formula is C18H22IN3O2. The molecule has 0 aliphatic carbocycles. The van der Waals surface area contributed by atoms with E-state index in [1.807, 2.05) is 18.2 Å². The monoisotopic (exact) mass is 439 g/mol. The van der Waals surface area contributed by atoms with Gasteiger partial charge in [-0.1, -0.05) is 29.8 Å². The van der Waals surface area contributed by atoms with Crippen LogP contribution in [0.25, 0.3) is 0 Å². The lowest BCUT2D eigenvalue weighted by Gasteiger charge is -2.10. The standard InChI is InChI=1S/C18H21N3O2.HI/c1-13-3-5-14(6-4-13)12-20-18(19)21-15-7-8-16-17(11-15)23-10-2-9-22-16;/h3-8,11H,2,9-10,12H2,1H3,(H3,19,20,21);1H. The summed E-state index contributed by atoms with van der Waals surface area (Å²) in [5, 5.41) is 3.09. The summed E-state index contributed by atoms with van der Waals surface area (Å²) in [4.78, 5) is 4.36. The number of rotatable bonds is 3. The van der Waals surface area contributed by atoms with Gasteiger partial charge in [-0.3, -0.25) is 0 Å². The molecule has 0 bridgehead atoms. The maximum Gasteiger partial charge on any atom is 0.193 e. The van der Waals surface area contributed by atoms with Gasteiger partial charge in [0, 0.05) is 18.2 Å². The van der Waals surface area contributed by atoms with Crippen LogP contribution < -0.4 is 20.5 Å². The predicted molar refractivity (Wildman–Crippen MR) is 108 cm³/mol. The van der Waals surface area contributed by atoms with Gasteiger partial charge in [-0.15, -0.1) is 24.0 Å². The number of nitrogens with two attached hydrogens (primary N) is 1. The largest absolute Gasteiger partial charge is 0.490 e. The van der Waals surface area contributed by atoms with E-state index in [9.17, 15) is 0 Å². The second-order valence-electron chi connectivity index (χ2n) is 5.52. The van der Waals surface area contributed by atoms with Crippen LogP contribution in [0, 0.1) is 6.92 Å². The number of ether oxygens (including phenoxy) is 2. The molecule has 3 N–H and O–H groups in total. The minimum absolute atomic E-state index is 0. The second kappa shape index (κ2) is 8.77. The molecule has 6 heteroatoms. The van der Waals surface area contributed by atoms with E-state index in [0.717, 1.165) is 29.2 Å². The zero-order valence-corrected chi connectivity index (χ0v) is 15.9. The number of guanidine groups is 1. The van der Waals surface area contributed by atoms with Crippen LogP contribution >= 0.6 is 24.0 Å². The van der Waals surface area contributed by atoms with Crippen LogP contribution in [0.15, 0.2) is 47.5 Å². The van der Waals surface area contributed by atoms with Crippen molar-refractivity contribution in [3.05, 3.63) is 53.6 Å². The van der Waals surface area contributed by atoms with E-state index in [0.29, 0.717) is 25.7 Å². The van der Waals surface area contributed by atoms with Crippen LogP contribution in [0.3, 0.4) is 0 Å². The summed E-state index contributed by atoms with van der Waals surface area (Å²) in [7, 11) is 0. The van der Waals surface area contributed by atoms with Gasteiger partial charge < -0.3 is 20.5 Å². The van der Waals surface area contributed by atoms with E-state index in [4.69, 9.17) is 15.2 Å². The number of benzene rings is 2. The zero-order valence-electron chi connectivity index (χ0n) is 13.6. The number of anilines is 1. The number of halogens is 1. The highest BCUT2D eigenvalue weighted by atomic mass is 127. The molecule has 0 unspecified atom stereocenters. The minimum Gasteiger partial charge on any atom is -0.490 e. The van der Waals surface area contributed by atoms with E-state index in [2.05, 4.69) is 41.5 Å². The number of aliphatic imine (C=N–C) groups is 1. The van der Waals surface area contributed by atoms with Crippen LogP contribution in [0.4, 0.5) is 5.69 Å². The molecule has 5 nitrogen and oxygen atoms in total. The van der Waals surface area contributed by atoms with E-state index in [1.54, 1.807) is 0 Å². The molecular weight excluding hydrogens is 417 g/mol. The lowest BCUT2D eigenvalue weighted by molar-refractivity contribution is 0.297. The first-order valence-electron chi connectivity index (χ1n) is 7.73. The zero-order chi connectivity index (χ0) is 16.1. The highest BCUT2D eigenvalue weighted by Gasteiger charge is 2.10. The molecule has 3 rings (SSSR count). The van der Waals surface area contributed by atoms with Crippen molar-refractivity contribution in [3.8, 4) is 11.5 Å². The van der Waals surface area contributed by atoms with E-state index >= 15 is 0 Å². The first-order chi connectivity index (χ1) is 11.2. The summed E-state index contributed by atoms with van der Waals surface area (Å²) in [5.41, 5.74) is 9.15. The third kappa shape index (κ3) is 5.02. The van der Waals surface area contributed by atoms with Gasteiger partial charge in [-0.2, -0.15) is 0 Å². The molecule has 2 aromatic rings. The average Bonchev–Trinajstić information content (AvgIpc) is 2.79. The third-order valence-corrected chi connectivity index (χ3v) is 3.57. The van der Waals surface area contributed by atoms with Crippen LogP contribution in [0.5, 0.6) is 11.5 Å². The minimum atomic E-state index is 0. The Morgan fingerprint density at radius 3 is 2.54 bits per heavy atom. The van der Waals surface area contributed by atoms with E-state index < -0.39 is 0 Å². The Morgan fingerprint density at radius 2 is 1.79 bits per heavy atom. The first-order valence-corrected chi connectivity index (χ1v) is 7.73. The van der Waals surface area contributed by atoms with Gasteiger partial charge in [0.05, 0.1) is 19.8 Å². The molecule has 0 saturated carbocycles. The summed E-state index contributed by atoms with van der Waals surface area (Å²) >= 11 is 0. The summed E-state index contributed by atoms with van der Waals surface area (Å²) in [6.45, 7) is 3.95. The van der Waals surface area contributed by atoms with Gasteiger partial charge in [0.2, 0.25) is 0 Å². The average molecular weight is 439 g/mol. The van der Waals surface area contributed by atoms with Gasteiger partial charge in [-0.05, 0) is 24.6 Å². The van der Waals surface area contributed by atoms with Crippen molar-refractivity contribution in [2.45, 2.75) is 19.9 Å². The fourth-order valence-corrected chi connectivity index (χ4v) is 2.30. The molecule has 0 saturated heterocycles. The Bertz CT molecular complexity index is 702. The van der Waals surface area contributed by atoms with Crippen LogP contribution in [-0.2, 0) is 6.54 Å². The number of hydrogen-bond donors (Lipinski definition) is 2. The number of nitrogens with zero attached hydrogens (tertiary/aromatic N) is 1. The molecule has 0 fully saturated rings. The molecule has 2 aromatic carbocycles. The summed E-state index contributed by atoms with van der Waals surface area (Å²) in [6.07, 6.45) is 0.886. The number of nitrogens with one attached hydrogen (secondary N) is 1. The van der Waals surface area contributed by atoms with Crippen LogP contribution in [0.1, 0.15) is 17.5 Å². The molecule has 1 aliphatic rings. The van der Waals surface area contributed by atoms with Gasteiger partial charge in [0.25, 0.3) is 0 Å². The topological polar surface area (TPSA) is 68.9 Å². The van der Waals surface area contributed by atoms with E-state index in [1.165, 1.54) is 5.56 Å². The summed E-state index contributed by atoms with van der Waals surface area (Å²) < 4.78 is 11.3. The fourth-order valence-electron chi connectivity index (χ4n) is 2.30. The Labute approximate surface area is 159 Å². The summed E-state index contributed by atoms with van der Waals surface area (Å²) in [6, 6.07) is 13.9. The molecule has 0 amide bonds. The van der Waals surface area contributed by atoms with Gasteiger partial charge in [0.1, 0.15) is 0 Å². The molecule has 1 aliphatic heterocycles. The molecule has 0 spiro atoms. The van der Waals surface area contributed by atoms with Crippen molar-refractivity contribution in [2.24, 2.45) is 10.7 Å². The van der Waals surface area contributed by atoms with Crippen molar-refractivity contribution >= 4 is 35.6 Å². The maximum atomic E-state index is 5.96. The van der Waals surface area contributed by atoms with E-state index in [-0.39, 0.29) is 24.0 Å². The van der Waals surface area contributed by atoms with Crippen LogP contribution in [-0.4, -0.2) is 19.2 Å². The molecule has 0 atom stereocenters. The Hall–Kier alpha value is -1.96. The Balaban J connectivity index is 0.00000208. The maximum absolute atomic E-state index is 5.96. The highest BCUT2D eigenvalue weighted by Crippen LogP contribution is 2.32. The number of aryl methyl sites for hydroxylation is 1. The van der Waals surface area contributed by atoms with Crippen molar-refractivity contribution in [1.29, 1.82) is 0 Å². The molecule has 0 radical (unpaired) electrons. The quantitative estimate of drug-likeness (QED) is 0.435. The molecule has 1 heterocycles. The number of fused-ring (bicyclic) bond motifs is 1. The summed E-state index contributed by atoms with van der Waals surface area (Å²) in [5.74, 6) is 1.88. The van der Waals surface area contributed by atoms with Gasteiger partial charge in [-0.25, -0.2) is 4.99 Å². The van der Waals surface area contributed by atoms with Gasteiger partial charge in [0.15, 0.2) is 17.5 Å². The van der Waals surface area contributed by atoms with Crippen molar-refractivity contribution in [2.75, 3.05) is 18.5 Å². The highest BCUT2D eigenvalue weighted by molar-refractivity contribution is 14.0. The smallest absolute Gasteiger partial charge is 0.193 e. The lowest BCUT2D eigenvalue weighted by atomic mass is 10.1. The molecule has 24 heavy (non-hydrogen) atoms. The number of hydrogen-bond acceptors (Lipinski definition) is 3. The van der Waals surface area contributed by atoms with Gasteiger partial charge >= 0.3 is 0 Å². The molecule has 128 valence electrons. The normalized spacial score (nSPS) is 13.6. The Morgan fingerprint density at radius 1 is 1.08 bits per heavy atom. The predicted octanol–water partition coefficient (Wildman–Crippen LogP) is 3.70.